The van der Waals surface area contributed by atoms with Crippen LogP contribution in [0.1, 0.15) is 52.4 Å². The molecule has 30 heavy (non-hydrogen) atoms. The summed E-state index contributed by atoms with van der Waals surface area (Å²) in [4.78, 5) is 24.5. The van der Waals surface area contributed by atoms with Gasteiger partial charge in [0, 0.05) is 42.2 Å². The van der Waals surface area contributed by atoms with Crippen molar-refractivity contribution in [2.75, 3.05) is 13.1 Å². The zero-order valence-electron chi connectivity index (χ0n) is 17.2. The van der Waals surface area contributed by atoms with E-state index in [0.29, 0.717) is 45.2 Å². The van der Waals surface area contributed by atoms with E-state index in [4.69, 9.17) is 0 Å². The van der Waals surface area contributed by atoms with Crippen LogP contribution in [0.5, 0.6) is 0 Å². The van der Waals surface area contributed by atoms with E-state index in [1.807, 2.05) is 6.92 Å². The third kappa shape index (κ3) is 6.54. The first-order valence-corrected chi connectivity index (χ1v) is 12.6. The molecule has 6 atom stereocenters. The third-order valence-electron chi connectivity index (χ3n) is 6.24. The molecule has 2 N–H and O–H groups in total. The fraction of sp³-hybridized carbons (Fsp3) is 0.889. The van der Waals surface area contributed by atoms with Gasteiger partial charge in [-0.3, -0.25) is 14.6 Å². The zero-order chi connectivity index (χ0) is 22.3. The molecule has 6 unspecified atom stereocenters. The van der Waals surface area contributed by atoms with Crippen LogP contribution in [0, 0.1) is 23.7 Å². The Bertz CT molecular complexity index is 690. The number of amides is 2. The van der Waals surface area contributed by atoms with Gasteiger partial charge in [-0.1, -0.05) is 0 Å². The molecule has 2 aliphatic rings. The molecule has 2 amide bonds. The molecule has 0 aliphatic heterocycles. The van der Waals surface area contributed by atoms with Crippen molar-refractivity contribution in [1.82, 2.24) is 10.6 Å². The Hall–Kier alpha value is -0.920. The first-order chi connectivity index (χ1) is 14.2. The Kier molecular flexibility index (Phi) is 9.82. The van der Waals surface area contributed by atoms with E-state index in [0.717, 1.165) is 12.0 Å². The van der Waals surface area contributed by atoms with Gasteiger partial charge in [-0.15, -0.1) is 0 Å². The second-order valence-corrected chi connectivity index (χ2v) is 10.5. The molecule has 10 nitrogen and oxygen atoms in total. The van der Waals surface area contributed by atoms with Gasteiger partial charge >= 0.3 is 0 Å². The number of rotatable bonds is 9. The molecule has 174 valence electrons. The normalized spacial score (nSPS) is 32.4. The number of nitrogens with one attached hydrogen (secondary N) is 2. The fourth-order valence-corrected chi connectivity index (χ4v) is 7.07. The first-order valence-electron chi connectivity index (χ1n) is 10.3. The molecule has 0 aromatic heterocycles. The van der Waals surface area contributed by atoms with Crippen LogP contribution < -0.4 is 15.9 Å². The lowest BCUT2D eigenvalue weighted by Gasteiger charge is -2.45. The molecular weight excluding hydrogens is 436 g/mol. The number of carbonyl (C=O) groups excluding carboxylic acids is 2. The van der Waals surface area contributed by atoms with E-state index < -0.39 is 27.2 Å². The van der Waals surface area contributed by atoms with Gasteiger partial charge in [0.2, 0.25) is 11.8 Å². The van der Waals surface area contributed by atoms with Crippen LogP contribution >= 0.6 is 12.0 Å². The Morgan fingerprint density at radius 3 is 2.00 bits per heavy atom. The number of carbonyl (C=O) groups is 2. The van der Waals surface area contributed by atoms with Crippen molar-refractivity contribution in [2.45, 2.75) is 62.9 Å². The van der Waals surface area contributed by atoms with Gasteiger partial charge in [-0.2, -0.15) is 4.33 Å². The van der Waals surface area contributed by atoms with Crippen molar-refractivity contribution in [2.24, 2.45) is 23.7 Å². The Morgan fingerprint density at radius 1 is 0.967 bits per heavy atom. The summed E-state index contributed by atoms with van der Waals surface area (Å²) in [5.41, 5.74) is 0. The van der Waals surface area contributed by atoms with Gasteiger partial charge < -0.3 is 20.4 Å². The number of hydrogen-bond donors (Lipinski definition) is 2. The maximum Gasteiger partial charge on any atom is 0.223 e. The van der Waals surface area contributed by atoms with Crippen LogP contribution in [0.2, 0.25) is 0 Å². The second-order valence-electron chi connectivity index (χ2n) is 7.94. The van der Waals surface area contributed by atoms with Crippen LogP contribution in [0.15, 0.2) is 0 Å². The molecule has 2 rings (SSSR count). The molecule has 0 saturated heterocycles. The minimum atomic E-state index is -4.64. The van der Waals surface area contributed by atoms with Crippen molar-refractivity contribution >= 4 is 34.0 Å². The van der Waals surface area contributed by atoms with Crippen molar-refractivity contribution in [3.05, 3.63) is 0 Å². The highest BCUT2D eigenvalue weighted by atomic mass is 32.2. The van der Waals surface area contributed by atoms with Crippen LogP contribution in [0.3, 0.4) is 0 Å². The van der Waals surface area contributed by atoms with Crippen molar-refractivity contribution in [1.29, 1.82) is 0 Å². The molecule has 0 spiro atoms. The van der Waals surface area contributed by atoms with E-state index in [1.165, 1.54) is 0 Å². The Labute approximate surface area is 181 Å². The minimum Gasteiger partial charge on any atom is -0.748 e. The molecule has 2 fully saturated rings. The summed E-state index contributed by atoms with van der Waals surface area (Å²) >= 11 is 0.775. The summed E-state index contributed by atoms with van der Waals surface area (Å²) in [5.74, 6) is -1.87. The van der Waals surface area contributed by atoms with Crippen LogP contribution in [-0.4, -0.2) is 48.4 Å². The van der Waals surface area contributed by atoms with E-state index in [1.54, 1.807) is 6.92 Å². The molecule has 0 aromatic carbocycles. The molecular formula is C18H30N2O8S2-2. The third-order valence-corrected chi connectivity index (χ3v) is 8.45. The minimum absolute atomic E-state index is 0.0190. The molecule has 2 saturated carbocycles. The summed E-state index contributed by atoms with van der Waals surface area (Å²) in [6.07, 6.45) is 2.31. The summed E-state index contributed by atoms with van der Waals surface area (Å²) in [5, 5.41) is 17.7. The monoisotopic (exact) mass is 466 g/mol. The Balaban J connectivity index is 2.20. The van der Waals surface area contributed by atoms with Gasteiger partial charge in [0.05, 0.1) is 15.4 Å². The SMILES string of the molecule is CCNC(=O)C1CCC(C2CCC(C(=O)NCC)CC2S(=O)(=O)[O-])C(SOO[O-])C1. The van der Waals surface area contributed by atoms with Gasteiger partial charge in [0.15, 0.2) is 0 Å². The Morgan fingerprint density at radius 2 is 1.50 bits per heavy atom. The highest BCUT2D eigenvalue weighted by molar-refractivity contribution is 7.95. The van der Waals surface area contributed by atoms with Gasteiger partial charge in [-0.25, -0.2) is 8.42 Å². The lowest BCUT2D eigenvalue weighted by atomic mass is 9.68. The van der Waals surface area contributed by atoms with Crippen LogP contribution in [-0.2, 0) is 29.1 Å². The molecule has 2 aliphatic carbocycles. The topological polar surface area (TPSA) is 157 Å². The average molecular weight is 467 g/mol. The summed E-state index contributed by atoms with van der Waals surface area (Å²) in [7, 11) is -4.64. The number of hydrogen-bond acceptors (Lipinski definition) is 9. The van der Waals surface area contributed by atoms with E-state index in [-0.39, 0.29) is 35.3 Å². The average Bonchev–Trinajstić information content (AvgIpc) is 2.71. The smallest absolute Gasteiger partial charge is 0.223 e. The lowest BCUT2D eigenvalue weighted by Crippen LogP contribution is -2.48. The standard InChI is InChI=1S/C18H32N2O8S2/c1-3-19-17(21)11-5-7-13(15(9-11)29-28-27-23)14-8-6-12(18(22)20-4-2)10-16(14)30(24,25)26/h11-16,23H,3-10H2,1-2H3,(H,19,21)(H,20,22)(H,24,25,26)/p-2. The molecule has 0 heterocycles. The van der Waals surface area contributed by atoms with Gasteiger partial charge in [0.25, 0.3) is 0 Å². The molecule has 0 radical (unpaired) electrons. The molecule has 0 aromatic rings. The van der Waals surface area contributed by atoms with E-state index >= 15 is 0 Å². The highest BCUT2D eigenvalue weighted by Gasteiger charge is 2.46. The van der Waals surface area contributed by atoms with Crippen molar-refractivity contribution in [3.8, 4) is 0 Å². The van der Waals surface area contributed by atoms with E-state index in [9.17, 15) is 27.8 Å². The van der Waals surface area contributed by atoms with Crippen LogP contribution in [0.25, 0.3) is 0 Å². The zero-order valence-corrected chi connectivity index (χ0v) is 18.8. The van der Waals surface area contributed by atoms with E-state index in [2.05, 4.69) is 20.0 Å². The summed E-state index contributed by atoms with van der Waals surface area (Å²) < 4.78 is 40.8. The molecule has 12 heteroatoms. The lowest BCUT2D eigenvalue weighted by molar-refractivity contribution is -0.777. The molecule has 0 bridgehead atoms. The van der Waals surface area contributed by atoms with Gasteiger partial charge in [-0.05, 0) is 64.2 Å². The summed E-state index contributed by atoms with van der Waals surface area (Å²) in [6, 6.07) is 0. The van der Waals surface area contributed by atoms with Crippen molar-refractivity contribution in [3.63, 3.8) is 0 Å². The maximum atomic E-state index is 12.3. The predicted molar refractivity (Wildman–Crippen MR) is 106 cm³/mol. The first kappa shape index (κ1) is 25.3. The predicted octanol–water partition coefficient (Wildman–Crippen LogP) is 0.245. The van der Waals surface area contributed by atoms with Gasteiger partial charge in [0.1, 0.15) is 0 Å². The largest absolute Gasteiger partial charge is 0.748 e. The van der Waals surface area contributed by atoms with Crippen LogP contribution in [0.4, 0.5) is 0 Å². The highest BCUT2D eigenvalue weighted by Crippen LogP contribution is 2.47. The maximum absolute atomic E-state index is 12.3. The summed E-state index contributed by atoms with van der Waals surface area (Å²) in [6.45, 7) is 4.53. The second kappa shape index (κ2) is 11.6. The van der Waals surface area contributed by atoms with Crippen molar-refractivity contribution < 1.29 is 37.2 Å². The fourth-order valence-electron chi connectivity index (χ4n) is 4.91. The quantitative estimate of drug-likeness (QED) is 0.210.